The number of aromatic nitrogens is 4. The van der Waals surface area contributed by atoms with E-state index in [2.05, 4.69) is 60.0 Å². The first-order chi connectivity index (χ1) is 12.4. The Bertz CT molecular complexity index is 1130. The zero-order chi connectivity index (χ0) is 18.4. The number of aryl methyl sites for hydroxylation is 5. The van der Waals surface area contributed by atoms with E-state index in [1.165, 1.54) is 33.3 Å². The van der Waals surface area contributed by atoms with Gasteiger partial charge in [0.25, 0.3) is 5.22 Å². The van der Waals surface area contributed by atoms with Crippen LogP contribution in [-0.4, -0.2) is 20.2 Å². The summed E-state index contributed by atoms with van der Waals surface area (Å²) >= 11 is 3.09. The van der Waals surface area contributed by atoms with Crippen LogP contribution in [-0.2, 0) is 0 Å². The van der Waals surface area contributed by atoms with Crippen molar-refractivity contribution in [2.75, 3.05) is 0 Å². The first kappa shape index (κ1) is 17.2. The number of benzene rings is 1. The fraction of sp³-hybridized carbons (Fsp3) is 0.263. The topological polar surface area (TPSA) is 64.7 Å². The van der Waals surface area contributed by atoms with Crippen LogP contribution >= 0.6 is 23.1 Å². The molecule has 132 valence electrons. The van der Waals surface area contributed by atoms with E-state index in [9.17, 15) is 0 Å². The monoisotopic (exact) mass is 382 g/mol. The molecule has 0 saturated heterocycles. The highest BCUT2D eigenvalue weighted by Gasteiger charge is 2.17. The lowest BCUT2D eigenvalue weighted by molar-refractivity contribution is 0.465. The summed E-state index contributed by atoms with van der Waals surface area (Å²) in [7, 11) is 0. The Morgan fingerprint density at radius 2 is 1.77 bits per heavy atom. The van der Waals surface area contributed by atoms with Gasteiger partial charge in [0.05, 0.1) is 0 Å². The van der Waals surface area contributed by atoms with Gasteiger partial charge in [-0.3, -0.25) is 0 Å². The van der Waals surface area contributed by atoms with Crippen LogP contribution in [0.1, 0.15) is 27.4 Å². The molecule has 0 amide bonds. The SMILES string of the molecule is Cc1nc(Sc2nnc(-c3ccc(C)c(C)c3)o2)c2c(C)c(C)sc2n1. The van der Waals surface area contributed by atoms with Crippen molar-refractivity contribution in [3.63, 3.8) is 0 Å². The Labute approximate surface area is 159 Å². The van der Waals surface area contributed by atoms with Crippen molar-refractivity contribution in [1.82, 2.24) is 20.2 Å². The van der Waals surface area contributed by atoms with Crippen LogP contribution in [0.15, 0.2) is 32.9 Å². The van der Waals surface area contributed by atoms with E-state index in [0.29, 0.717) is 11.1 Å². The molecular weight excluding hydrogens is 364 g/mol. The van der Waals surface area contributed by atoms with Gasteiger partial charge < -0.3 is 4.42 Å². The minimum absolute atomic E-state index is 0.487. The van der Waals surface area contributed by atoms with Crippen molar-refractivity contribution in [3.8, 4) is 11.5 Å². The molecule has 0 unspecified atom stereocenters. The second-order valence-corrected chi connectivity index (χ2v) is 8.46. The first-order valence-electron chi connectivity index (χ1n) is 8.25. The molecule has 1 aromatic carbocycles. The number of rotatable bonds is 3. The molecule has 0 N–H and O–H groups in total. The van der Waals surface area contributed by atoms with Crippen molar-refractivity contribution in [2.24, 2.45) is 0 Å². The van der Waals surface area contributed by atoms with Crippen molar-refractivity contribution in [1.29, 1.82) is 0 Å². The highest BCUT2D eigenvalue weighted by molar-refractivity contribution is 7.99. The van der Waals surface area contributed by atoms with Gasteiger partial charge in [-0.1, -0.05) is 6.07 Å². The van der Waals surface area contributed by atoms with Crippen LogP contribution in [0.5, 0.6) is 0 Å². The third-order valence-electron chi connectivity index (χ3n) is 4.45. The zero-order valence-electron chi connectivity index (χ0n) is 15.2. The van der Waals surface area contributed by atoms with Crippen molar-refractivity contribution in [3.05, 3.63) is 45.6 Å². The standard InChI is InChI=1S/C19H18N4OS2/c1-9-6-7-14(8-10(9)2)16-22-23-19(24-16)26-18-15-11(3)12(4)25-17(15)20-13(5)21-18/h6-8H,1-5H3. The van der Waals surface area contributed by atoms with Crippen LogP contribution in [0.4, 0.5) is 0 Å². The maximum absolute atomic E-state index is 5.89. The van der Waals surface area contributed by atoms with Gasteiger partial charge in [0.2, 0.25) is 5.89 Å². The molecule has 0 fully saturated rings. The molecular formula is C19H18N4OS2. The minimum atomic E-state index is 0.487. The lowest BCUT2D eigenvalue weighted by Crippen LogP contribution is -1.91. The molecule has 3 heterocycles. The quantitative estimate of drug-likeness (QED) is 0.440. The third-order valence-corrected chi connectivity index (χ3v) is 6.38. The number of thiophene rings is 1. The molecule has 0 spiro atoms. The second-order valence-electron chi connectivity index (χ2n) is 6.31. The summed E-state index contributed by atoms with van der Waals surface area (Å²) in [6.45, 7) is 10.3. The summed E-state index contributed by atoms with van der Waals surface area (Å²) in [5.41, 5.74) is 4.58. The molecule has 4 aromatic rings. The Kier molecular flexibility index (Phi) is 4.28. The van der Waals surface area contributed by atoms with Crippen LogP contribution in [0.25, 0.3) is 21.7 Å². The average Bonchev–Trinajstić information content (AvgIpc) is 3.15. The van der Waals surface area contributed by atoms with E-state index < -0.39 is 0 Å². The Balaban J connectivity index is 1.72. The summed E-state index contributed by atoms with van der Waals surface area (Å²) in [5.74, 6) is 1.27. The summed E-state index contributed by atoms with van der Waals surface area (Å²) in [6, 6.07) is 6.14. The highest BCUT2D eigenvalue weighted by Crippen LogP contribution is 2.38. The Morgan fingerprint density at radius 1 is 0.962 bits per heavy atom. The van der Waals surface area contributed by atoms with Gasteiger partial charge in [0.15, 0.2) is 0 Å². The zero-order valence-corrected chi connectivity index (χ0v) is 16.9. The van der Waals surface area contributed by atoms with E-state index >= 15 is 0 Å². The highest BCUT2D eigenvalue weighted by atomic mass is 32.2. The molecule has 7 heteroatoms. The molecule has 0 saturated carbocycles. The van der Waals surface area contributed by atoms with Crippen molar-refractivity contribution in [2.45, 2.75) is 44.9 Å². The lowest BCUT2D eigenvalue weighted by Gasteiger charge is -2.02. The van der Waals surface area contributed by atoms with E-state index in [0.717, 1.165) is 26.6 Å². The molecule has 0 aliphatic heterocycles. The summed E-state index contributed by atoms with van der Waals surface area (Å²) in [4.78, 5) is 11.4. The molecule has 26 heavy (non-hydrogen) atoms. The minimum Gasteiger partial charge on any atom is -0.411 e. The third kappa shape index (κ3) is 3.01. The second kappa shape index (κ2) is 6.48. The molecule has 0 aliphatic carbocycles. The molecule has 5 nitrogen and oxygen atoms in total. The van der Waals surface area contributed by atoms with Crippen molar-refractivity contribution >= 4 is 33.3 Å². The first-order valence-corrected chi connectivity index (χ1v) is 9.89. The number of fused-ring (bicyclic) bond motifs is 1. The fourth-order valence-electron chi connectivity index (χ4n) is 2.71. The molecule has 0 radical (unpaired) electrons. The van der Waals surface area contributed by atoms with Gasteiger partial charge in [-0.2, -0.15) is 0 Å². The van der Waals surface area contributed by atoms with Crippen LogP contribution in [0, 0.1) is 34.6 Å². The van der Waals surface area contributed by atoms with Crippen LogP contribution < -0.4 is 0 Å². The van der Waals surface area contributed by atoms with Gasteiger partial charge in [-0.15, -0.1) is 21.5 Å². The number of hydrogen-bond acceptors (Lipinski definition) is 7. The summed E-state index contributed by atoms with van der Waals surface area (Å²) in [5, 5.41) is 10.8. The fourth-order valence-corrected chi connectivity index (χ4v) is 4.75. The van der Waals surface area contributed by atoms with E-state index in [1.54, 1.807) is 11.3 Å². The van der Waals surface area contributed by atoms with E-state index in [-0.39, 0.29) is 0 Å². The van der Waals surface area contributed by atoms with Gasteiger partial charge in [-0.05, 0) is 75.2 Å². The number of hydrogen-bond donors (Lipinski definition) is 0. The molecule has 4 rings (SSSR count). The van der Waals surface area contributed by atoms with Crippen LogP contribution in [0.2, 0.25) is 0 Å². The molecule has 3 aromatic heterocycles. The Morgan fingerprint density at radius 3 is 2.54 bits per heavy atom. The molecule has 0 bridgehead atoms. The van der Waals surface area contributed by atoms with E-state index in [1.807, 2.05) is 13.0 Å². The predicted octanol–water partition coefficient (Wildman–Crippen LogP) is 5.43. The average molecular weight is 383 g/mol. The van der Waals surface area contributed by atoms with Gasteiger partial charge in [-0.25, -0.2) is 9.97 Å². The molecule has 0 atom stereocenters. The largest absolute Gasteiger partial charge is 0.411 e. The van der Waals surface area contributed by atoms with Gasteiger partial charge in [0, 0.05) is 15.8 Å². The molecule has 0 aliphatic rings. The van der Waals surface area contributed by atoms with E-state index in [4.69, 9.17) is 4.42 Å². The summed E-state index contributed by atoms with van der Waals surface area (Å²) in [6.07, 6.45) is 0. The smallest absolute Gasteiger partial charge is 0.283 e. The maximum atomic E-state index is 5.89. The lowest BCUT2D eigenvalue weighted by atomic mass is 10.1. The number of nitrogens with zero attached hydrogens (tertiary/aromatic N) is 4. The van der Waals surface area contributed by atoms with Gasteiger partial charge >= 0.3 is 0 Å². The van der Waals surface area contributed by atoms with Crippen molar-refractivity contribution < 1.29 is 4.42 Å². The Hall–Kier alpha value is -2.25. The summed E-state index contributed by atoms with van der Waals surface area (Å²) < 4.78 is 5.89. The predicted molar refractivity (Wildman–Crippen MR) is 105 cm³/mol. The maximum Gasteiger partial charge on any atom is 0.283 e. The normalized spacial score (nSPS) is 11.4. The van der Waals surface area contributed by atoms with Crippen LogP contribution in [0.3, 0.4) is 0 Å². The van der Waals surface area contributed by atoms with Gasteiger partial charge in [0.1, 0.15) is 15.7 Å².